The van der Waals surface area contributed by atoms with Crippen molar-refractivity contribution in [2.24, 2.45) is 23.7 Å². The van der Waals surface area contributed by atoms with Crippen LogP contribution in [-0.2, 0) is 31.9 Å². The highest BCUT2D eigenvalue weighted by Gasteiger charge is 2.28. The number of hydrogen-bond donors (Lipinski definition) is 0. The van der Waals surface area contributed by atoms with Crippen molar-refractivity contribution in [3.8, 4) is 0 Å². The summed E-state index contributed by atoms with van der Waals surface area (Å²) in [5.41, 5.74) is 1.12. The van der Waals surface area contributed by atoms with Gasteiger partial charge in [-0.15, -0.1) is 0 Å². The quantitative estimate of drug-likeness (QED) is 0.509. The molecule has 0 aromatic carbocycles. The molecule has 8 nitrogen and oxygen atoms in total. The fraction of sp³-hybridized carbons (Fsp3) is 0.571. The van der Waals surface area contributed by atoms with E-state index in [1.165, 1.54) is 12.8 Å². The Labute approximate surface area is 213 Å². The Morgan fingerprint density at radius 3 is 1.44 bits per heavy atom. The molecule has 0 saturated heterocycles. The van der Waals surface area contributed by atoms with Gasteiger partial charge in [0.25, 0.3) is 0 Å². The molecule has 3 rings (SSSR count). The van der Waals surface area contributed by atoms with E-state index >= 15 is 0 Å². The molecular weight excluding hydrogens is 460 g/mol. The zero-order chi connectivity index (χ0) is 26.2. The van der Waals surface area contributed by atoms with E-state index in [4.69, 9.17) is 18.3 Å². The molecule has 0 spiro atoms. The second-order valence-corrected chi connectivity index (χ2v) is 10.3. The Balaban J connectivity index is 1.87. The van der Waals surface area contributed by atoms with Gasteiger partial charge in [-0.3, -0.25) is 0 Å². The number of rotatable bonds is 4. The van der Waals surface area contributed by atoms with Crippen molar-refractivity contribution in [3.63, 3.8) is 0 Å². The zero-order valence-electron chi connectivity index (χ0n) is 22.1. The topological polar surface area (TPSA) is 105 Å². The van der Waals surface area contributed by atoms with Crippen molar-refractivity contribution in [2.45, 2.75) is 79.4 Å². The van der Waals surface area contributed by atoms with Crippen LogP contribution >= 0.6 is 0 Å². The second-order valence-electron chi connectivity index (χ2n) is 10.3. The van der Waals surface area contributed by atoms with Crippen LogP contribution in [0, 0.1) is 23.7 Å². The van der Waals surface area contributed by atoms with Crippen LogP contribution in [0.4, 0.5) is 0 Å². The molecule has 0 fully saturated rings. The molecule has 0 bridgehead atoms. The average Bonchev–Trinajstić information content (AvgIpc) is 3.51. The highest BCUT2D eigenvalue weighted by molar-refractivity contribution is 5.88. The normalized spacial score (nSPS) is 30.6. The SMILES string of the molecule is CC1=CC(C)CC(C)C(Cc2cnco2)OC(=O)/C(C)=C\C(C)CC(C)C(Cc2cnco2)OC1=O. The molecule has 3 heterocycles. The minimum atomic E-state index is -0.384. The standard InChI is InChI=1S/C28H38N2O6/c1-17-7-19(3)25(11-23-13-29-15-33-23)35-28(32)22(6)10-18(2)8-20(4)26(12-24-14-30-16-34-24)36-27(31)21(5)9-17/h9-10,13-20,25-26H,7-8,11-12H2,1-6H3/b21-9-,22-10?. The Morgan fingerprint density at radius 2 is 1.11 bits per heavy atom. The lowest BCUT2D eigenvalue weighted by Gasteiger charge is -2.27. The van der Waals surface area contributed by atoms with E-state index in [2.05, 4.69) is 9.97 Å². The summed E-state index contributed by atoms with van der Waals surface area (Å²) in [4.78, 5) is 34.0. The van der Waals surface area contributed by atoms with E-state index < -0.39 is 0 Å². The highest BCUT2D eigenvalue weighted by Crippen LogP contribution is 2.27. The van der Waals surface area contributed by atoms with E-state index in [9.17, 15) is 9.59 Å². The first-order chi connectivity index (χ1) is 17.1. The Morgan fingerprint density at radius 1 is 0.722 bits per heavy atom. The van der Waals surface area contributed by atoms with Crippen molar-refractivity contribution in [1.29, 1.82) is 0 Å². The van der Waals surface area contributed by atoms with E-state index in [0.717, 1.165) is 0 Å². The van der Waals surface area contributed by atoms with E-state index in [-0.39, 0.29) is 47.8 Å². The molecule has 2 aromatic heterocycles. The van der Waals surface area contributed by atoms with Gasteiger partial charge in [-0.05, 0) is 50.4 Å². The summed E-state index contributed by atoms with van der Waals surface area (Å²) in [6, 6.07) is 0. The summed E-state index contributed by atoms with van der Waals surface area (Å²) in [6.07, 6.45) is 11.4. The molecule has 2 aromatic rings. The van der Waals surface area contributed by atoms with Crippen LogP contribution in [0.25, 0.3) is 0 Å². The fourth-order valence-electron chi connectivity index (χ4n) is 4.86. The molecular formula is C28H38N2O6. The van der Waals surface area contributed by atoms with Crippen LogP contribution in [-0.4, -0.2) is 34.1 Å². The maximum atomic E-state index is 13.0. The number of cyclic esters (lactones) is 2. The Kier molecular flexibility index (Phi) is 9.67. The molecule has 0 radical (unpaired) electrons. The summed E-state index contributed by atoms with van der Waals surface area (Å²) in [5.74, 6) is 0.843. The summed E-state index contributed by atoms with van der Waals surface area (Å²) in [5, 5.41) is 0. The van der Waals surface area contributed by atoms with Crippen LogP contribution in [0.15, 0.2) is 57.3 Å². The van der Waals surface area contributed by atoms with Gasteiger partial charge in [-0.25, -0.2) is 19.6 Å². The van der Waals surface area contributed by atoms with Crippen molar-refractivity contribution in [2.75, 3.05) is 0 Å². The number of ether oxygens (including phenoxy) is 2. The van der Waals surface area contributed by atoms with Gasteiger partial charge in [-0.2, -0.15) is 0 Å². The van der Waals surface area contributed by atoms with E-state index in [0.29, 0.717) is 48.3 Å². The van der Waals surface area contributed by atoms with Crippen molar-refractivity contribution in [1.82, 2.24) is 9.97 Å². The van der Waals surface area contributed by atoms with Gasteiger partial charge in [0.2, 0.25) is 0 Å². The maximum absolute atomic E-state index is 13.0. The Hall–Kier alpha value is -3.16. The molecule has 0 aliphatic carbocycles. The van der Waals surface area contributed by atoms with Crippen LogP contribution in [0.5, 0.6) is 0 Å². The third kappa shape index (κ3) is 7.93. The molecule has 8 heteroatoms. The van der Waals surface area contributed by atoms with Crippen molar-refractivity contribution < 1.29 is 27.9 Å². The molecule has 36 heavy (non-hydrogen) atoms. The molecule has 0 N–H and O–H groups in total. The summed E-state index contributed by atoms with van der Waals surface area (Å²) in [6.45, 7) is 11.8. The second kappa shape index (κ2) is 12.7. The summed E-state index contributed by atoms with van der Waals surface area (Å²) in [7, 11) is 0. The van der Waals surface area contributed by atoms with Gasteiger partial charge >= 0.3 is 11.9 Å². The largest absolute Gasteiger partial charge is 0.458 e. The summed E-state index contributed by atoms with van der Waals surface area (Å²) >= 11 is 0. The molecule has 0 saturated carbocycles. The average molecular weight is 499 g/mol. The van der Waals surface area contributed by atoms with Gasteiger partial charge < -0.3 is 18.3 Å². The lowest BCUT2D eigenvalue weighted by Crippen LogP contribution is -2.30. The first kappa shape index (κ1) is 27.4. The van der Waals surface area contributed by atoms with Gasteiger partial charge in [-0.1, -0.05) is 39.8 Å². The van der Waals surface area contributed by atoms with Crippen molar-refractivity contribution >= 4 is 11.9 Å². The van der Waals surface area contributed by atoms with Gasteiger partial charge in [0, 0.05) is 24.0 Å². The number of carbonyl (C=O) groups excluding carboxylic acids is 2. The van der Waals surface area contributed by atoms with Crippen LogP contribution in [0.3, 0.4) is 0 Å². The monoisotopic (exact) mass is 498 g/mol. The van der Waals surface area contributed by atoms with Gasteiger partial charge in [0.1, 0.15) is 23.7 Å². The molecule has 1 aliphatic heterocycles. The van der Waals surface area contributed by atoms with Crippen molar-refractivity contribution in [3.05, 3.63) is 60.0 Å². The fourth-order valence-corrected chi connectivity index (χ4v) is 4.86. The van der Waals surface area contributed by atoms with Gasteiger partial charge in [0.15, 0.2) is 12.8 Å². The molecule has 6 unspecified atom stereocenters. The smallest absolute Gasteiger partial charge is 0.333 e. The highest BCUT2D eigenvalue weighted by atomic mass is 16.5. The molecule has 196 valence electrons. The van der Waals surface area contributed by atoms with E-state index in [1.54, 1.807) is 26.2 Å². The number of carbonyl (C=O) groups is 2. The lowest BCUT2D eigenvalue weighted by molar-refractivity contribution is -0.147. The maximum Gasteiger partial charge on any atom is 0.333 e. The van der Waals surface area contributed by atoms with Crippen LogP contribution in [0.2, 0.25) is 0 Å². The lowest BCUT2D eigenvalue weighted by atomic mass is 9.88. The van der Waals surface area contributed by atoms with Gasteiger partial charge in [0.05, 0.1) is 12.4 Å². The third-order valence-corrected chi connectivity index (χ3v) is 6.76. The Bertz CT molecular complexity index is 956. The minimum absolute atomic E-state index is 0.0199. The molecule has 0 amide bonds. The minimum Gasteiger partial charge on any atom is -0.458 e. The number of esters is 2. The predicted molar refractivity (Wildman–Crippen MR) is 134 cm³/mol. The molecule has 1 aliphatic rings. The summed E-state index contributed by atoms with van der Waals surface area (Å²) < 4.78 is 22.8. The number of aromatic nitrogens is 2. The first-order valence-electron chi connectivity index (χ1n) is 12.7. The van der Waals surface area contributed by atoms with Crippen LogP contribution < -0.4 is 0 Å². The number of hydrogen-bond acceptors (Lipinski definition) is 8. The van der Waals surface area contributed by atoms with E-state index in [1.807, 2.05) is 39.8 Å². The number of nitrogens with zero attached hydrogens (tertiary/aromatic N) is 2. The first-order valence-corrected chi connectivity index (χ1v) is 12.7. The molecule has 6 atom stereocenters. The zero-order valence-corrected chi connectivity index (χ0v) is 22.1. The number of allylic oxidation sites excluding steroid dienone is 2. The predicted octanol–water partition coefficient (Wildman–Crippen LogP) is 5.50. The van der Waals surface area contributed by atoms with Crippen LogP contribution in [0.1, 0.15) is 65.9 Å². The third-order valence-electron chi connectivity index (χ3n) is 6.76. The number of oxazole rings is 2.